The number of hydrogen-bond donors (Lipinski definition) is 1. The van der Waals surface area contributed by atoms with Crippen molar-refractivity contribution in [2.75, 3.05) is 54.1 Å². The van der Waals surface area contributed by atoms with Gasteiger partial charge in [-0.05, 0) is 21.1 Å². The fourth-order valence-electron chi connectivity index (χ4n) is 0.740. The average Bonchev–Trinajstić information content (AvgIpc) is 2.03. The van der Waals surface area contributed by atoms with Gasteiger partial charge in [0.05, 0.1) is 13.2 Å². The van der Waals surface area contributed by atoms with Crippen LogP contribution >= 0.6 is 7.60 Å². The molecule has 0 bridgehead atoms. The topological polar surface area (TPSA) is 50.8 Å². The summed E-state index contributed by atoms with van der Waals surface area (Å²) in [7, 11) is 2.84. The monoisotopic (exact) mass is 224 g/mol. The molecule has 1 unspecified atom stereocenters. The molecule has 0 radical (unpaired) electrons. The van der Waals surface area contributed by atoms with Gasteiger partial charge in [-0.2, -0.15) is 0 Å². The fraction of sp³-hybridized carbons (Fsp3) is 1.00. The third-order valence-electron chi connectivity index (χ3n) is 1.54. The maximum atomic E-state index is 11.6. The van der Waals surface area contributed by atoms with Crippen molar-refractivity contribution in [2.24, 2.45) is 0 Å². The smallest absolute Gasteiger partial charge is 0.317 e. The highest BCUT2D eigenvalue weighted by Crippen LogP contribution is 2.43. The Morgan fingerprint density at radius 3 is 2.36 bits per heavy atom. The molecule has 0 aromatic heterocycles. The van der Waals surface area contributed by atoms with Crippen molar-refractivity contribution in [3.63, 3.8) is 0 Å². The highest BCUT2D eigenvalue weighted by molar-refractivity contribution is 7.52. The normalized spacial score (nSPS) is 15.8. The number of rotatable bonds is 8. The maximum Gasteiger partial charge on any atom is 0.327 e. The molecule has 0 aliphatic rings. The molecule has 5 nitrogen and oxygen atoms in total. The second-order valence-corrected chi connectivity index (χ2v) is 5.40. The number of likely N-dealkylation sites (N-methyl/N-ethyl adjacent to an activating group) is 2. The molecule has 0 aliphatic heterocycles. The minimum Gasteiger partial charge on any atom is -0.317 e. The van der Waals surface area contributed by atoms with E-state index in [0.717, 1.165) is 6.54 Å². The van der Waals surface area contributed by atoms with E-state index in [0.29, 0.717) is 19.8 Å². The minimum absolute atomic E-state index is 0.409. The van der Waals surface area contributed by atoms with Gasteiger partial charge in [0.15, 0.2) is 0 Å². The summed E-state index contributed by atoms with van der Waals surface area (Å²) in [6, 6.07) is 0. The molecule has 0 saturated carbocycles. The third-order valence-corrected chi connectivity index (χ3v) is 2.85. The van der Waals surface area contributed by atoms with Gasteiger partial charge in [0, 0.05) is 19.8 Å². The second kappa shape index (κ2) is 7.37. The Bertz CT molecular complexity index is 187. The quantitative estimate of drug-likeness (QED) is 0.484. The summed E-state index contributed by atoms with van der Waals surface area (Å²) in [6.45, 7) is 3.76. The van der Waals surface area contributed by atoms with Gasteiger partial charge in [-0.3, -0.25) is 4.57 Å². The van der Waals surface area contributed by atoms with Crippen LogP contribution in [0, 0.1) is 0 Å². The van der Waals surface area contributed by atoms with Gasteiger partial charge in [-0.25, -0.2) is 0 Å². The van der Waals surface area contributed by atoms with E-state index in [2.05, 4.69) is 5.32 Å². The molecular formula is C8H21N2O3P. The lowest BCUT2D eigenvalue weighted by molar-refractivity contribution is 0.194. The van der Waals surface area contributed by atoms with Crippen molar-refractivity contribution in [1.82, 2.24) is 10.2 Å². The van der Waals surface area contributed by atoms with Crippen LogP contribution < -0.4 is 5.32 Å². The molecule has 1 atom stereocenters. The predicted molar refractivity (Wildman–Crippen MR) is 57.9 cm³/mol. The Balaban J connectivity index is 3.56. The summed E-state index contributed by atoms with van der Waals surface area (Å²) in [4.78, 5) is 1.97. The first-order chi connectivity index (χ1) is 6.48. The van der Waals surface area contributed by atoms with Gasteiger partial charge >= 0.3 is 7.60 Å². The SMILES string of the molecule is CNCCOP(C)(=O)OCCN(C)C. The van der Waals surface area contributed by atoms with Crippen LogP contribution in [0.3, 0.4) is 0 Å². The second-order valence-electron chi connectivity index (χ2n) is 3.34. The van der Waals surface area contributed by atoms with Crippen molar-refractivity contribution in [1.29, 1.82) is 0 Å². The van der Waals surface area contributed by atoms with Crippen LogP contribution in [0.2, 0.25) is 0 Å². The van der Waals surface area contributed by atoms with Crippen LogP contribution in [-0.2, 0) is 13.6 Å². The van der Waals surface area contributed by atoms with E-state index in [9.17, 15) is 4.57 Å². The third kappa shape index (κ3) is 8.66. The lowest BCUT2D eigenvalue weighted by Crippen LogP contribution is -2.18. The molecule has 0 saturated heterocycles. The largest absolute Gasteiger partial charge is 0.327 e. The Morgan fingerprint density at radius 2 is 1.86 bits per heavy atom. The van der Waals surface area contributed by atoms with Crippen molar-refractivity contribution >= 4 is 7.60 Å². The zero-order chi connectivity index (χ0) is 11.0. The number of nitrogens with zero attached hydrogens (tertiary/aromatic N) is 1. The van der Waals surface area contributed by atoms with Crippen LogP contribution in [-0.4, -0.2) is 59.0 Å². The zero-order valence-electron chi connectivity index (χ0n) is 9.45. The Labute approximate surface area is 86.3 Å². The predicted octanol–water partition coefficient (Wildman–Crippen LogP) is 0.623. The van der Waals surface area contributed by atoms with Crippen LogP contribution in [0.15, 0.2) is 0 Å². The zero-order valence-corrected chi connectivity index (χ0v) is 10.3. The molecule has 0 aromatic rings. The van der Waals surface area contributed by atoms with Crippen LogP contribution in [0.1, 0.15) is 0 Å². The summed E-state index contributed by atoms with van der Waals surface area (Å²) >= 11 is 0. The van der Waals surface area contributed by atoms with E-state index in [1.165, 1.54) is 6.66 Å². The van der Waals surface area contributed by atoms with E-state index in [1.54, 1.807) is 0 Å². The van der Waals surface area contributed by atoms with Crippen molar-refractivity contribution in [3.8, 4) is 0 Å². The Morgan fingerprint density at radius 1 is 1.29 bits per heavy atom. The maximum absolute atomic E-state index is 11.6. The summed E-state index contributed by atoms with van der Waals surface area (Å²) in [6.07, 6.45) is 0. The van der Waals surface area contributed by atoms with E-state index >= 15 is 0 Å². The molecule has 0 spiro atoms. The lowest BCUT2D eigenvalue weighted by Gasteiger charge is -2.15. The van der Waals surface area contributed by atoms with Crippen LogP contribution in [0.4, 0.5) is 0 Å². The molecule has 1 N–H and O–H groups in total. The molecule has 0 heterocycles. The van der Waals surface area contributed by atoms with E-state index in [1.807, 2.05) is 26.0 Å². The first-order valence-corrected chi connectivity index (χ1v) is 6.63. The highest BCUT2D eigenvalue weighted by atomic mass is 31.2. The lowest BCUT2D eigenvalue weighted by atomic mass is 10.6. The highest BCUT2D eigenvalue weighted by Gasteiger charge is 2.15. The first kappa shape index (κ1) is 14.1. The number of hydrogen-bond acceptors (Lipinski definition) is 5. The molecule has 0 aliphatic carbocycles. The van der Waals surface area contributed by atoms with E-state index in [-0.39, 0.29) is 0 Å². The standard InChI is InChI=1S/C8H21N2O3P/c1-9-5-7-12-14(4,11)13-8-6-10(2)3/h9H,5-8H2,1-4H3. The Kier molecular flexibility index (Phi) is 7.41. The summed E-state index contributed by atoms with van der Waals surface area (Å²) in [5, 5.41) is 2.90. The molecule has 6 heteroatoms. The van der Waals surface area contributed by atoms with Gasteiger partial charge in [-0.1, -0.05) is 0 Å². The van der Waals surface area contributed by atoms with Crippen LogP contribution in [0.25, 0.3) is 0 Å². The van der Waals surface area contributed by atoms with Gasteiger partial charge in [0.25, 0.3) is 0 Å². The van der Waals surface area contributed by atoms with Gasteiger partial charge in [0.2, 0.25) is 0 Å². The molecule has 14 heavy (non-hydrogen) atoms. The molecule has 86 valence electrons. The van der Waals surface area contributed by atoms with Crippen molar-refractivity contribution in [2.45, 2.75) is 0 Å². The van der Waals surface area contributed by atoms with Crippen LogP contribution in [0.5, 0.6) is 0 Å². The molecule has 0 aromatic carbocycles. The average molecular weight is 224 g/mol. The fourth-order valence-corrected chi connectivity index (χ4v) is 1.65. The summed E-state index contributed by atoms with van der Waals surface area (Å²) < 4.78 is 21.8. The molecule has 0 fully saturated rings. The van der Waals surface area contributed by atoms with Crippen molar-refractivity contribution < 1.29 is 13.6 Å². The molecule has 0 rings (SSSR count). The van der Waals surface area contributed by atoms with Gasteiger partial charge in [-0.15, -0.1) is 0 Å². The summed E-state index contributed by atoms with van der Waals surface area (Å²) in [5.74, 6) is 0. The number of nitrogens with one attached hydrogen (secondary N) is 1. The van der Waals surface area contributed by atoms with E-state index in [4.69, 9.17) is 9.05 Å². The van der Waals surface area contributed by atoms with E-state index < -0.39 is 7.60 Å². The van der Waals surface area contributed by atoms with Gasteiger partial charge in [0.1, 0.15) is 0 Å². The summed E-state index contributed by atoms with van der Waals surface area (Å²) in [5.41, 5.74) is 0. The molecule has 0 amide bonds. The first-order valence-electron chi connectivity index (χ1n) is 4.64. The van der Waals surface area contributed by atoms with Crippen molar-refractivity contribution in [3.05, 3.63) is 0 Å². The molecular weight excluding hydrogens is 203 g/mol. The van der Waals surface area contributed by atoms with Gasteiger partial charge < -0.3 is 19.3 Å². The minimum atomic E-state index is -2.85. The Hall–Kier alpha value is 0.0700.